The van der Waals surface area contributed by atoms with E-state index in [1.54, 1.807) is 11.1 Å². The molecule has 0 saturated heterocycles. The van der Waals surface area contributed by atoms with E-state index in [9.17, 15) is 0 Å². The molecule has 320 valence electrons. The SMILES string of the molecule is CC(C)(C)c1ccc(-c2ccc(N(c3ccc(C(C)(C)C)cc3)c3ccc4c(c3)-c3cc(-c5ccc6c(c5)-c5ccccc5C65C6CC7CC(C6)CC5C7)ccc3C4(C)C)cc2)cc1. The first-order chi connectivity index (χ1) is 30.7. The fourth-order valence-corrected chi connectivity index (χ4v) is 13.9. The molecule has 64 heavy (non-hydrogen) atoms. The van der Waals surface area contributed by atoms with Crippen molar-refractivity contribution in [2.24, 2.45) is 23.7 Å². The first-order valence-electron chi connectivity index (χ1n) is 24.3. The smallest absolute Gasteiger partial charge is 0.0468 e. The Morgan fingerprint density at radius 3 is 1.36 bits per heavy atom. The molecular weight excluding hydrogens is 771 g/mol. The molecular formula is C63H63N. The van der Waals surface area contributed by atoms with Crippen molar-refractivity contribution in [2.45, 2.75) is 109 Å². The van der Waals surface area contributed by atoms with E-state index in [1.165, 1.54) is 105 Å². The molecule has 6 aliphatic carbocycles. The summed E-state index contributed by atoms with van der Waals surface area (Å²) in [4.78, 5) is 2.45. The molecule has 4 saturated carbocycles. The summed E-state index contributed by atoms with van der Waals surface area (Å²) in [5, 5.41) is 0. The average Bonchev–Trinajstić information content (AvgIpc) is 3.70. The Kier molecular flexibility index (Phi) is 8.68. The standard InChI is InChI=1S/C63H63N/c1-60(2,3)45-19-13-41(14-20-45)42-15-23-49(24-16-42)64(50-25-21-46(22-26-50)61(4,5)6)51-27-30-57-55(38-51)54-37-43(17-28-56(54)62(57,7)8)44-18-29-59-53(36-44)52-11-9-10-12-58(52)63(59)47-32-39-31-40(34-47)35-48(63)33-39/h9-30,36-40,47-48H,31-35H2,1-8H3. The zero-order valence-corrected chi connectivity index (χ0v) is 39.2. The molecule has 7 aromatic carbocycles. The maximum absolute atomic E-state index is 2.57. The van der Waals surface area contributed by atoms with Gasteiger partial charge < -0.3 is 4.90 Å². The number of rotatable bonds is 5. The molecule has 0 amide bonds. The van der Waals surface area contributed by atoms with Crippen LogP contribution in [0.3, 0.4) is 0 Å². The number of hydrogen-bond acceptors (Lipinski definition) is 1. The van der Waals surface area contributed by atoms with Crippen molar-refractivity contribution in [1.82, 2.24) is 0 Å². The van der Waals surface area contributed by atoms with E-state index in [0.29, 0.717) is 0 Å². The van der Waals surface area contributed by atoms with Crippen LogP contribution in [-0.2, 0) is 21.7 Å². The van der Waals surface area contributed by atoms with Gasteiger partial charge in [-0.05, 0) is 193 Å². The van der Waals surface area contributed by atoms with E-state index in [-0.39, 0.29) is 21.7 Å². The lowest BCUT2D eigenvalue weighted by Gasteiger charge is -2.61. The average molecular weight is 834 g/mol. The third-order valence-electron chi connectivity index (χ3n) is 17.0. The maximum Gasteiger partial charge on any atom is 0.0468 e. The van der Waals surface area contributed by atoms with Crippen molar-refractivity contribution in [3.05, 3.63) is 185 Å². The topological polar surface area (TPSA) is 3.24 Å². The summed E-state index contributed by atoms with van der Waals surface area (Å²) in [6.07, 6.45) is 7.16. The zero-order chi connectivity index (χ0) is 43.9. The summed E-state index contributed by atoms with van der Waals surface area (Å²) in [5.74, 6) is 3.46. The molecule has 0 aromatic heterocycles. The highest BCUT2D eigenvalue weighted by atomic mass is 15.1. The molecule has 0 atom stereocenters. The minimum absolute atomic E-state index is 0.0763. The van der Waals surface area contributed by atoms with E-state index in [4.69, 9.17) is 0 Å². The molecule has 1 spiro atoms. The monoisotopic (exact) mass is 833 g/mol. The van der Waals surface area contributed by atoms with Gasteiger partial charge in [0.15, 0.2) is 0 Å². The van der Waals surface area contributed by atoms with Gasteiger partial charge in [0, 0.05) is 27.9 Å². The highest BCUT2D eigenvalue weighted by Crippen LogP contribution is 2.69. The van der Waals surface area contributed by atoms with Crippen molar-refractivity contribution < 1.29 is 0 Å². The van der Waals surface area contributed by atoms with Crippen LogP contribution in [0.4, 0.5) is 17.1 Å². The van der Waals surface area contributed by atoms with Gasteiger partial charge in [-0.1, -0.05) is 159 Å². The second kappa shape index (κ2) is 13.9. The third-order valence-corrected chi connectivity index (χ3v) is 17.0. The van der Waals surface area contributed by atoms with Crippen molar-refractivity contribution in [3.63, 3.8) is 0 Å². The summed E-state index contributed by atoms with van der Waals surface area (Å²) in [6.45, 7) is 18.5. The second-order valence-electron chi connectivity index (χ2n) is 23.1. The Labute approximate surface area is 382 Å². The molecule has 4 fully saturated rings. The molecule has 1 nitrogen and oxygen atoms in total. The van der Waals surface area contributed by atoms with Crippen LogP contribution in [0.15, 0.2) is 152 Å². The number of fused-ring (bicyclic) bond motifs is 6. The van der Waals surface area contributed by atoms with Crippen molar-refractivity contribution >= 4 is 17.1 Å². The van der Waals surface area contributed by atoms with Crippen LogP contribution < -0.4 is 4.90 Å². The minimum atomic E-state index is -0.103. The van der Waals surface area contributed by atoms with Crippen molar-refractivity contribution in [1.29, 1.82) is 0 Å². The highest BCUT2D eigenvalue weighted by Gasteiger charge is 2.61. The van der Waals surface area contributed by atoms with Crippen LogP contribution in [0, 0.1) is 23.7 Å². The normalized spacial score (nSPS) is 23.2. The van der Waals surface area contributed by atoms with Gasteiger partial charge in [-0.2, -0.15) is 0 Å². The molecule has 0 radical (unpaired) electrons. The van der Waals surface area contributed by atoms with E-state index < -0.39 is 0 Å². The van der Waals surface area contributed by atoms with Gasteiger partial charge in [0.25, 0.3) is 0 Å². The Morgan fingerprint density at radius 2 is 0.797 bits per heavy atom. The van der Waals surface area contributed by atoms with Crippen molar-refractivity contribution in [2.75, 3.05) is 4.90 Å². The lowest BCUT2D eigenvalue weighted by Crippen LogP contribution is -2.55. The molecule has 0 aliphatic heterocycles. The van der Waals surface area contributed by atoms with Gasteiger partial charge in [-0.25, -0.2) is 0 Å². The van der Waals surface area contributed by atoms with Gasteiger partial charge in [0.2, 0.25) is 0 Å². The Bertz CT molecular complexity index is 2940. The van der Waals surface area contributed by atoms with Crippen molar-refractivity contribution in [3.8, 4) is 44.5 Å². The van der Waals surface area contributed by atoms with E-state index in [0.717, 1.165) is 35.0 Å². The van der Waals surface area contributed by atoms with Gasteiger partial charge in [0.05, 0.1) is 0 Å². The number of benzene rings is 7. The zero-order valence-electron chi connectivity index (χ0n) is 39.2. The Balaban J connectivity index is 0.940. The summed E-state index contributed by atoms with van der Waals surface area (Å²) in [6, 6.07) is 59.2. The summed E-state index contributed by atoms with van der Waals surface area (Å²) in [7, 11) is 0. The predicted molar refractivity (Wildman–Crippen MR) is 270 cm³/mol. The Morgan fingerprint density at radius 1 is 0.391 bits per heavy atom. The van der Waals surface area contributed by atoms with E-state index >= 15 is 0 Å². The lowest BCUT2D eigenvalue weighted by molar-refractivity contribution is -0.0399. The summed E-state index contributed by atoms with van der Waals surface area (Å²) < 4.78 is 0. The predicted octanol–water partition coefficient (Wildman–Crippen LogP) is 17.1. The van der Waals surface area contributed by atoms with Crippen LogP contribution >= 0.6 is 0 Å². The van der Waals surface area contributed by atoms with Gasteiger partial charge in [0.1, 0.15) is 0 Å². The first kappa shape index (κ1) is 39.9. The maximum atomic E-state index is 2.57. The summed E-state index contributed by atoms with van der Waals surface area (Å²) >= 11 is 0. The minimum Gasteiger partial charge on any atom is -0.310 e. The lowest BCUT2D eigenvalue weighted by atomic mass is 9.43. The van der Waals surface area contributed by atoms with E-state index in [2.05, 4.69) is 212 Å². The third kappa shape index (κ3) is 5.95. The number of nitrogens with zero attached hydrogens (tertiary/aromatic N) is 1. The second-order valence-corrected chi connectivity index (χ2v) is 23.1. The summed E-state index contributed by atoms with van der Waals surface area (Å²) in [5.41, 5.74) is 23.3. The molecule has 1 heteroatoms. The molecule has 7 aromatic rings. The van der Waals surface area contributed by atoms with Crippen LogP contribution in [-0.4, -0.2) is 0 Å². The van der Waals surface area contributed by atoms with Crippen LogP contribution in [0.2, 0.25) is 0 Å². The van der Waals surface area contributed by atoms with E-state index in [1.807, 2.05) is 0 Å². The Hall–Kier alpha value is -5.66. The molecule has 4 bridgehead atoms. The fourth-order valence-electron chi connectivity index (χ4n) is 13.9. The van der Waals surface area contributed by atoms with Crippen LogP contribution in [0.1, 0.15) is 121 Å². The fraction of sp³-hybridized carbons (Fsp3) is 0.333. The molecule has 0 N–H and O–H groups in total. The van der Waals surface area contributed by atoms with Gasteiger partial charge >= 0.3 is 0 Å². The van der Waals surface area contributed by atoms with Gasteiger partial charge in [-0.3, -0.25) is 0 Å². The van der Waals surface area contributed by atoms with Crippen LogP contribution in [0.25, 0.3) is 44.5 Å². The molecule has 0 unspecified atom stereocenters. The molecule has 0 heterocycles. The molecule has 6 aliphatic rings. The highest BCUT2D eigenvalue weighted by molar-refractivity contribution is 5.91. The first-order valence-corrected chi connectivity index (χ1v) is 24.3. The number of hydrogen-bond donors (Lipinski definition) is 0. The quantitative estimate of drug-likeness (QED) is 0.167. The number of anilines is 3. The van der Waals surface area contributed by atoms with Gasteiger partial charge in [-0.15, -0.1) is 0 Å². The largest absolute Gasteiger partial charge is 0.310 e. The van der Waals surface area contributed by atoms with Crippen LogP contribution in [0.5, 0.6) is 0 Å². The molecule has 13 rings (SSSR count).